The number of unbranched alkanes of at least 4 members (excludes halogenated alkanes) is 2. The average molecular weight is 592 g/mol. The number of benzene rings is 2. The zero-order chi connectivity index (χ0) is 30.0. The van der Waals surface area contributed by atoms with E-state index >= 15 is 0 Å². The van der Waals surface area contributed by atoms with E-state index in [1.807, 2.05) is 18.2 Å². The minimum absolute atomic E-state index is 0.0315. The molecule has 1 unspecified atom stereocenters. The maximum Gasteiger partial charge on any atom is 0.326 e. The number of ketones is 1. The Bertz CT molecular complexity index is 1450. The Kier molecular flexibility index (Phi) is 11.0. The maximum atomic E-state index is 13.1. The molecule has 4 rings (SSSR count). The van der Waals surface area contributed by atoms with Crippen LogP contribution in [0.15, 0.2) is 83.9 Å². The quantitative estimate of drug-likeness (QED) is 0.256. The summed E-state index contributed by atoms with van der Waals surface area (Å²) >= 11 is 0. The number of hydrogen-bond donors (Lipinski definition) is 2. The number of carboxylic acid groups (broad SMARTS) is 1. The highest BCUT2D eigenvalue weighted by molar-refractivity contribution is 7.89. The first-order chi connectivity index (χ1) is 20.2. The summed E-state index contributed by atoms with van der Waals surface area (Å²) in [4.78, 5) is 41.9. The Balaban J connectivity index is 1.26. The number of carbonyl (C=O) groups excluding carboxylic acids is 2. The highest BCUT2D eigenvalue weighted by Crippen LogP contribution is 2.26. The lowest BCUT2D eigenvalue weighted by molar-refractivity contribution is -0.142. The first kappa shape index (κ1) is 31.1. The molecule has 0 bridgehead atoms. The third-order valence-corrected chi connectivity index (χ3v) is 9.37. The number of rotatable bonds is 15. The fourth-order valence-electron chi connectivity index (χ4n) is 5.18. The summed E-state index contributed by atoms with van der Waals surface area (Å²) in [5.41, 5.74) is 2.60. The van der Waals surface area contributed by atoms with E-state index in [2.05, 4.69) is 10.3 Å². The Morgan fingerprint density at radius 2 is 1.64 bits per heavy atom. The lowest BCUT2D eigenvalue weighted by Gasteiger charge is -2.25. The van der Waals surface area contributed by atoms with Crippen molar-refractivity contribution in [3.05, 3.63) is 95.8 Å². The molecule has 0 spiro atoms. The van der Waals surface area contributed by atoms with Crippen LogP contribution in [-0.2, 0) is 43.7 Å². The lowest BCUT2D eigenvalue weighted by atomic mass is 10.00. The molecule has 1 fully saturated rings. The SMILES string of the molecule is O=C(CCCCCc1ccccn1)Cc1ccc(CC(NC(=O)[C@@H]2CCCN2S(=O)(=O)c2ccccc2)C(=O)O)cc1. The van der Waals surface area contributed by atoms with Crippen molar-refractivity contribution in [3.63, 3.8) is 0 Å². The maximum absolute atomic E-state index is 13.1. The molecule has 1 aliphatic rings. The summed E-state index contributed by atoms with van der Waals surface area (Å²) in [7, 11) is -3.89. The molecule has 0 saturated carbocycles. The van der Waals surface area contributed by atoms with E-state index < -0.39 is 34.0 Å². The van der Waals surface area contributed by atoms with Crippen molar-refractivity contribution in [1.29, 1.82) is 0 Å². The van der Waals surface area contributed by atoms with Gasteiger partial charge in [-0.2, -0.15) is 4.31 Å². The van der Waals surface area contributed by atoms with Crippen LogP contribution < -0.4 is 5.32 Å². The molecule has 42 heavy (non-hydrogen) atoms. The molecule has 2 heterocycles. The molecule has 10 heteroatoms. The minimum atomic E-state index is -3.89. The van der Waals surface area contributed by atoms with Crippen LogP contribution in [0.4, 0.5) is 0 Å². The van der Waals surface area contributed by atoms with Gasteiger partial charge in [-0.1, -0.05) is 55.0 Å². The molecule has 9 nitrogen and oxygen atoms in total. The van der Waals surface area contributed by atoms with E-state index in [1.165, 1.54) is 12.1 Å². The molecule has 2 atom stereocenters. The van der Waals surface area contributed by atoms with E-state index in [-0.39, 0.29) is 23.6 Å². The number of amides is 1. The van der Waals surface area contributed by atoms with Crippen LogP contribution in [0.5, 0.6) is 0 Å². The van der Waals surface area contributed by atoms with Gasteiger partial charge in [-0.3, -0.25) is 14.6 Å². The molecule has 1 amide bonds. The summed E-state index contributed by atoms with van der Waals surface area (Å²) < 4.78 is 27.4. The number of sulfonamides is 1. The zero-order valence-corrected chi connectivity index (χ0v) is 24.3. The number of nitrogens with one attached hydrogen (secondary N) is 1. The number of aromatic nitrogens is 1. The molecule has 222 valence electrons. The first-order valence-corrected chi connectivity index (χ1v) is 15.8. The Hall–Kier alpha value is -3.89. The van der Waals surface area contributed by atoms with Gasteiger partial charge in [-0.25, -0.2) is 13.2 Å². The first-order valence-electron chi connectivity index (χ1n) is 14.3. The summed E-state index contributed by atoms with van der Waals surface area (Å²) in [6.07, 6.45) is 7.14. The van der Waals surface area contributed by atoms with Gasteiger partial charge in [-0.05, 0) is 67.5 Å². The standard InChI is InChI=1S/C32H37N3O6S/c36-27(12-4-1-3-10-26-11-7-8-20-33-26)22-24-16-18-25(19-17-24)23-29(32(38)39)34-31(37)30-15-9-21-35(30)42(40,41)28-13-5-2-6-14-28/h2,5-8,11,13-14,16-20,29-30H,1,3-4,9-10,12,15,21-23H2,(H,34,37)(H,38,39)/t29?,30-/m0/s1. The molecular weight excluding hydrogens is 554 g/mol. The number of aliphatic carboxylic acids is 1. The highest BCUT2D eigenvalue weighted by Gasteiger charge is 2.40. The molecular formula is C32H37N3O6S. The zero-order valence-electron chi connectivity index (χ0n) is 23.5. The van der Waals surface area contributed by atoms with Gasteiger partial charge in [0.25, 0.3) is 0 Å². The Morgan fingerprint density at radius 1 is 0.929 bits per heavy atom. The van der Waals surface area contributed by atoms with Gasteiger partial charge >= 0.3 is 5.97 Å². The van der Waals surface area contributed by atoms with Crippen molar-refractivity contribution in [2.75, 3.05) is 6.54 Å². The number of nitrogens with zero attached hydrogens (tertiary/aromatic N) is 2. The topological polar surface area (TPSA) is 134 Å². The van der Waals surface area contributed by atoms with E-state index in [1.54, 1.807) is 48.7 Å². The van der Waals surface area contributed by atoms with Gasteiger partial charge in [0.2, 0.25) is 15.9 Å². The fraction of sp³-hybridized carbons (Fsp3) is 0.375. The summed E-state index contributed by atoms with van der Waals surface area (Å²) in [6, 6.07) is 18.7. The summed E-state index contributed by atoms with van der Waals surface area (Å²) in [5, 5.41) is 12.3. The van der Waals surface area contributed by atoms with Crippen molar-refractivity contribution in [1.82, 2.24) is 14.6 Å². The number of pyridine rings is 1. The van der Waals surface area contributed by atoms with Crippen molar-refractivity contribution in [2.24, 2.45) is 0 Å². The molecule has 2 aromatic carbocycles. The predicted molar refractivity (Wildman–Crippen MR) is 158 cm³/mol. The molecule has 2 N–H and O–H groups in total. The average Bonchev–Trinajstić information content (AvgIpc) is 3.50. The normalized spacial score (nSPS) is 16.1. The second-order valence-corrected chi connectivity index (χ2v) is 12.5. The molecule has 1 aliphatic heterocycles. The van der Waals surface area contributed by atoms with Crippen LogP contribution in [0.2, 0.25) is 0 Å². The minimum Gasteiger partial charge on any atom is -0.480 e. The third-order valence-electron chi connectivity index (χ3n) is 7.45. The van der Waals surface area contributed by atoms with E-state index in [0.717, 1.165) is 41.2 Å². The van der Waals surface area contributed by atoms with E-state index in [4.69, 9.17) is 0 Å². The fourth-order valence-corrected chi connectivity index (χ4v) is 6.86. The predicted octanol–water partition coefficient (Wildman–Crippen LogP) is 3.96. The highest BCUT2D eigenvalue weighted by atomic mass is 32.2. The van der Waals surface area contributed by atoms with Gasteiger partial charge < -0.3 is 10.4 Å². The second kappa shape index (κ2) is 14.8. The monoisotopic (exact) mass is 591 g/mol. The molecule has 0 radical (unpaired) electrons. The van der Waals surface area contributed by atoms with Crippen LogP contribution in [0.1, 0.15) is 55.3 Å². The molecule has 1 saturated heterocycles. The van der Waals surface area contributed by atoms with Gasteiger partial charge in [-0.15, -0.1) is 0 Å². The number of aryl methyl sites for hydroxylation is 1. The largest absolute Gasteiger partial charge is 0.480 e. The lowest BCUT2D eigenvalue weighted by Crippen LogP contribution is -2.51. The second-order valence-electron chi connectivity index (χ2n) is 10.6. The van der Waals surface area contributed by atoms with Gasteiger partial charge in [0.15, 0.2) is 0 Å². The third kappa shape index (κ3) is 8.56. The Labute approximate surface area is 247 Å². The number of Topliss-reactive ketones (excluding diaryl/α,β-unsaturated/α-hetero) is 1. The van der Waals surface area contributed by atoms with Gasteiger partial charge in [0.1, 0.15) is 17.9 Å². The van der Waals surface area contributed by atoms with Gasteiger partial charge in [0.05, 0.1) is 4.90 Å². The van der Waals surface area contributed by atoms with Gasteiger partial charge in [0, 0.05) is 37.7 Å². The van der Waals surface area contributed by atoms with E-state index in [0.29, 0.717) is 31.2 Å². The molecule has 0 aliphatic carbocycles. The molecule has 3 aromatic rings. The summed E-state index contributed by atoms with van der Waals surface area (Å²) in [6.45, 7) is 0.193. The van der Waals surface area contributed by atoms with E-state index in [9.17, 15) is 27.9 Å². The van der Waals surface area contributed by atoms with Crippen LogP contribution in [0.3, 0.4) is 0 Å². The Morgan fingerprint density at radius 3 is 2.33 bits per heavy atom. The molecule has 1 aromatic heterocycles. The van der Waals surface area contributed by atoms with Crippen LogP contribution in [-0.4, -0.2) is 59.1 Å². The van der Waals surface area contributed by atoms with Crippen molar-refractivity contribution in [3.8, 4) is 0 Å². The van der Waals surface area contributed by atoms with Crippen molar-refractivity contribution in [2.45, 2.75) is 74.8 Å². The van der Waals surface area contributed by atoms with Crippen molar-refractivity contribution >= 4 is 27.7 Å². The van der Waals surface area contributed by atoms with Crippen molar-refractivity contribution < 1.29 is 27.9 Å². The van der Waals surface area contributed by atoms with Crippen LogP contribution in [0, 0.1) is 0 Å². The summed E-state index contributed by atoms with van der Waals surface area (Å²) in [5.74, 6) is -1.68. The number of hydrogen-bond acceptors (Lipinski definition) is 6. The van der Waals surface area contributed by atoms with Crippen LogP contribution in [0.25, 0.3) is 0 Å². The number of carboxylic acids is 1. The van der Waals surface area contributed by atoms with Crippen LogP contribution >= 0.6 is 0 Å². The smallest absolute Gasteiger partial charge is 0.326 e. The number of carbonyl (C=O) groups is 3.